The van der Waals surface area contributed by atoms with Crippen molar-refractivity contribution in [3.8, 4) is 0 Å². The molecular weight excluding hydrogens is 240 g/mol. The molecule has 0 aliphatic rings. The van der Waals surface area contributed by atoms with Gasteiger partial charge in [-0.1, -0.05) is 75.4 Å². The molecule has 0 aromatic heterocycles. The molecule has 0 bridgehead atoms. The van der Waals surface area contributed by atoms with E-state index in [0.29, 0.717) is 11.8 Å². The molecule has 0 fully saturated rings. The van der Waals surface area contributed by atoms with E-state index in [1.165, 1.54) is 29.5 Å². The number of hydrogen-bond donors (Lipinski definition) is 0. The first-order valence-electron chi connectivity index (χ1n) is 7.89. The van der Waals surface area contributed by atoms with Gasteiger partial charge >= 0.3 is 0 Å². The Labute approximate surface area is 123 Å². The molecule has 2 unspecified atom stereocenters. The van der Waals surface area contributed by atoms with Crippen molar-refractivity contribution in [3.05, 3.63) is 71.3 Å². The average Bonchev–Trinajstić information content (AvgIpc) is 2.53. The van der Waals surface area contributed by atoms with Gasteiger partial charge in [0, 0.05) is 0 Å². The van der Waals surface area contributed by atoms with Gasteiger partial charge in [0.25, 0.3) is 0 Å². The molecule has 2 aromatic rings. The lowest BCUT2D eigenvalue weighted by Crippen LogP contribution is -2.05. The Morgan fingerprint density at radius 3 is 2.10 bits per heavy atom. The fourth-order valence-corrected chi connectivity index (χ4v) is 2.91. The predicted octanol–water partition coefficient (Wildman–Crippen LogP) is 5.94. The minimum Gasteiger partial charge on any atom is -0.0648 e. The van der Waals surface area contributed by atoms with Gasteiger partial charge in [0.05, 0.1) is 0 Å². The minimum atomic E-state index is 0.626. The zero-order valence-electron chi connectivity index (χ0n) is 13.0. The maximum Gasteiger partial charge on any atom is -0.0124 e. The van der Waals surface area contributed by atoms with E-state index in [9.17, 15) is 0 Å². The van der Waals surface area contributed by atoms with Crippen LogP contribution in [0, 0.1) is 0 Å². The molecule has 0 saturated heterocycles. The van der Waals surface area contributed by atoms with Crippen LogP contribution in [0.15, 0.2) is 54.6 Å². The quantitative estimate of drug-likeness (QED) is 0.607. The van der Waals surface area contributed by atoms with Crippen LogP contribution in [0.25, 0.3) is 0 Å². The summed E-state index contributed by atoms with van der Waals surface area (Å²) < 4.78 is 0. The fourth-order valence-electron chi connectivity index (χ4n) is 2.91. The van der Waals surface area contributed by atoms with Gasteiger partial charge in [-0.15, -0.1) is 0 Å². The third-order valence-electron chi connectivity index (χ3n) is 4.43. The van der Waals surface area contributed by atoms with Crippen LogP contribution in [0.5, 0.6) is 0 Å². The molecule has 20 heavy (non-hydrogen) atoms. The highest BCUT2D eigenvalue weighted by Crippen LogP contribution is 2.29. The third-order valence-corrected chi connectivity index (χ3v) is 4.43. The molecule has 0 spiro atoms. The lowest BCUT2D eigenvalue weighted by atomic mass is 9.85. The van der Waals surface area contributed by atoms with E-state index in [1.54, 1.807) is 0 Å². The normalized spacial score (nSPS) is 13.9. The van der Waals surface area contributed by atoms with Crippen molar-refractivity contribution in [2.45, 2.75) is 51.9 Å². The van der Waals surface area contributed by atoms with Crippen LogP contribution in [-0.4, -0.2) is 0 Å². The Morgan fingerprint density at radius 1 is 0.800 bits per heavy atom. The van der Waals surface area contributed by atoms with Crippen molar-refractivity contribution >= 4 is 0 Å². The summed E-state index contributed by atoms with van der Waals surface area (Å²) in [6.45, 7) is 6.90. The van der Waals surface area contributed by atoms with E-state index in [4.69, 9.17) is 0 Å². The van der Waals surface area contributed by atoms with Crippen LogP contribution >= 0.6 is 0 Å². The van der Waals surface area contributed by atoms with Crippen molar-refractivity contribution in [2.24, 2.45) is 0 Å². The molecular formula is C20H26. The molecule has 0 heterocycles. The van der Waals surface area contributed by atoms with Crippen LogP contribution < -0.4 is 0 Å². The van der Waals surface area contributed by atoms with Crippen molar-refractivity contribution in [1.29, 1.82) is 0 Å². The van der Waals surface area contributed by atoms with Crippen LogP contribution in [0.3, 0.4) is 0 Å². The van der Waals surface area contributed by atoms with E-state index in [-0.39, 0.29) is 0 Å². The van der Waals surface area contributed by atoms with Crippen LogP contribution in [0.4, 0.5) is 0 Å². The van der Waals surface area contributed by atoms with Gasteiger partial charge in [-0.05, 0) is 47.8 Å². The molecule has 0 nitrogen and oxygen atoms in total. The predicted molar refractivity (Wildman–Crippen MR) is 88.3 cm³/mol. The average molecular weight is 266 g/mol. The summed E-state index contributed by atoms with van der Waals surface area (Å²) in [7, 11) is 0. The number of benzene rings is 2. The van der Waals surface area contributed by atoms with Crippen LogP contribution in [-0.2, 0) is 6.42 Å². The topological polar surface area (TPSA) is 0 Å². The lowest BCUT2D eigenvalue weighted by molar-refractivity contribution is 0.643. The first-order chi connectivity index (χ1) is 9.76. The highest BCUT2D eigenvalue weighted by atomic mass is 14.2. The Bertz CT molecular complexity index is 513. The first-order valence-corrected chi connectivity index (χ1v) is 7.89. The fraction of sp³-hybridized carbons (Fsp3) is 0.400. The second-order valence-corrected chi connectivity index (χ2v) is 5.73. The second kappa shape index (κ2) is 7.28. The molecule has 0 radical (unpaired) electrons. The Hall–Kier alpha value is -1.56. The molecule has 2 aromatic carbocycles. The van der Waals surface area contributed by atoms with E-state index in [2.05, 4.69) is 75.4 Å². The van der Waals surface area contributed by atoms with Crippen molar-refractivity contribution in [2.75, 3.05) is 0 Å². The van der Waals surface area contributed by atoms with Gasteiger partial charge in [-0.25, -0.2) is 0 Å². The van der Waals surface area contributed by atoms with Gasteiger partial charge in [-0.2, -0.15) is 0 Å². The highest BCUT2D eigenvalue weighted by Gasteiger charge is 2.14. The Kier molecular flexibility index (Phi) is 5.40. The van der Waals surface area contributed by atoms with E-state index in [0.717, 1.165) is 6.42 Å². The van der Waals surface area contributed by atoms with Gasteiger partial charge in [0.1, 0.15) is 0 Å². The SMILES string of the molecule is CCC(C)c1ccccc1CC(CC)c1ccccc1. The van der Waals surface area contributed by atoms with Crippen LogP contribution in [0.1, 0.15) is 62.1 Å². The summed E-state index contributed by atoms with van der Waals surface area (Å²) in [5, 5.41) is 0. The van der Waals surface area contributed by atoms with E-state index < -0.39 is 0 Å². The summed E-state index contributed by atoms with van der Waals surface area (Å²) in [5.41, 5.74) is 4.52. The van der Waals surface area contributed by atoms with Crippen molar-refractivity contribution in [1.82, 2.24) is 0 Å². The third kappa shape index (κ3) is 3.50. The van der Waals surface area contributed by atoms with E-state index in [1.807, 2.05) is 0 Å². The summed E-state index contributed by atoms with van der Waals surface area (Å²) >= 11 is 0. The molecule has 0 saturated carbocycles. The molecule has 2 atom stereocenters. The Morgan fingerprint density at radius 2 is 1.45 bits per heavy atom. The highest BCUT2D eigenvalue weighted by molar-refractivity contribution is 5.32. The monoisotopic (exact) mass is 266 g/mol. The summed E-state index contributed by atoms with van der Waals surface area (Å²) in [6.07, 6.45) is 3.55. The zero-order chi connectivity index (χ0) is 14.4. The summed E-state index contributed by atoms with van der Waals surface area (Å²) in [4.78, 5) is 0. The van der Waals surface area contributed by atoms with Crippen LogP contribution in [0.2, 0.25) is 0 Å². The molecule has 106 valence electrons. The Balaban J connectivity index is 2.24. The maximum absolute atomic E-state index is 2.34. The summed E-state index contributed by atoms with van der Waals surface area (Å²) in [5.74, 6) is 1.28. The first kappa shape index (κ1) is 14.8. The maximum atomic E-state index is 2.34. The molecule has 0 amide bonds. The largest absolute Gasteiger partial charge is 0.0648 e. The van der Waals surface area contributed by atoms with Gasteiger partial charge < -0.3 is 0 Å². The van der Waals surface area contributed by atoms with Gasteiger partial charge in [0.15, 0.2) is 0 Å². The van der Waals surface area contributed by atoms with E-state index >= 15 is 0 Å². The smallest absolute Gasteiger partial charge is 0.0124 e. The molecule has 0 N–H and O–H groups in total. The standard InChI is InChI=1S/C20H26/c1-4-16(3)20-14-10-9-13-19(20)15-17(5-2)18-11-7-6-8-12-18/h6-14,16-17H,4-5,15H2,1-3H3. The lowest BCUT2D eigenvalue weighted by Gasteiger charge is -2.20. The second-order valence-electron chi connectivity index (χ2n) is 5.73. The minimum absolute atomic E-state index is 0.626. The molecule has 0 heteroatoms. The van der Waals surface area contributed by atoms with Crippen molar-refractivity contribution < 1.29 is 0 Å². The van der Waals surface area contributed by atoms with Crippen molar-refractivity contribution in [3.63, 3.8) is 0 Å². The summed E-state index contributed by atoms with van der Waals surface area (Å²) in [6, 6.07) is 19.9. The molecule has 2 rings (SSSR count). The zero-order valence-corrected chi connectivity index (χ0v) is 13.0. The number of hydrogen-bond acceptors (Lipinski definition) is 0. The molecule has 0 aliphatic carbocycles. The van der Waals surface area contributed by atoms with Gasteiger partial charge in [0.2, 0.25) is 0 Å². The number of rotatable bonds is 6. The van der Waals surface area contributed by atoms with Gasteiger partial charge in [-0.3, -0.25) is 0 Å². The molecule has 0 aliphatic heterocycles.